The van der Waals surface area contributed by atoms with E-state index in [4.69, 9.17) is 5.11 Å². The Balaban J connectivity index is 0.000000423. The Labute approximate surface area is 137 Å². The molecule has 0 saturated carbocycles. The number of likely N-dealkylation sites (N-methyl/N-ethyl adjacent to an activating group) is 1. The van der Waals surface area contributed by atoms with Crippen molar-refractivity contribution < 1.29 is 29.1 Å². The number of aliphatic carboxylic acids is 1. The van der Waals surface area contributed by atoms with Crippen LogP contribution in [-0.4, -0.2) is 60.9 Å². The number of carboxylic acid groups (broad SMARTS) is 1. The van der Waals surface area contributed by atoms with Crippen molar-refractivity contribution in [3.8, 4) is 0 Å². The predicted molar refractivity (Wildman–Crippen MR) is 85.2 cm³/mol. The van der Waals surface area contributed by atoms with E-state index in [2.05, 4.69) is 0 Å². The highest BCUT2D eigenvalue weighted by Gasteiger charge is 2.19. The van der Waals surface area contributed by atoms with E-state index in [1.165, 1.54) is 12.2 Å². The molecule has 1 atom stereocenters. The summed E-state index contributed by atoms with van der Waals surface area (Å²) in [7, 11) is 5.66. The highest BCUT2D eigenvalue weighted by molar-refractivity contribution is 6.19. The molecule has 1 rings (SSSR count). The lowest BCUT2D eigenvalue weighted by Gasteiger charge is -2.26. The molecule has 0 saturated heterocycles. The van der Waals surface area contributed by atoms with Crippen LogP contribution < -0.4 is 5.11 Å². The van der Waals surface area contributed by atoms with Crippen LogP contribution in [0.1, 0.15) is 27.2 Å². The zero-order chi connectivity index (χ0) is 18.4. The molecule has 0 spiro atoms. The van der Waals surface area contributed by atoms with Crippen LogP contribution in [0.15, 0.2) is 23.3 Å². The minimum absolute atomic E-state index is 0.0258. The van der Waals surface area contributed by atoms with Crippen molar-refractivity contribution in [3.05, 3.63) is 23.3 Å². The molecule has 0 heterocycles. The number of carboxylic acids is 1. The van der Waals surface area contributed by atoms with Crippen LogP contribution in [0.5, 0.6) is 0 Å². The third-order valence-corrected chi connectivity index (χ3v) is 3.09. The fraction of sp³-hybridized carbons (Fsp3) is 0.588. The van der Waals surface area contributed by atoms with Gasteiger partial charge in [-0.25, -0.2) is 0 Å². The molecule has 1 unspecified atom stereocenters. The van der Waals surface area contributed by atoms with Gasteiger partial charge in [-0.3, -0.25) is 9.59 Å². The Morgan fingerprint density at radius 2 is 1.70 bits per heavy atom. The Hall–Kier alpha value is -1.79. The molecule has 0 aromatic carbocycles. The van der Waals surface area contributed by atoms with Crippen LogP contribution in [-0.2, 0) is 14.4 Å². The molecule has 1 aliphatic rings. The first-order valence-electron chi connectivity index (χ1n) is 7.50. The number of nitrogens with zero attached hydrogens (tertiary/aromatic N) is 1. The number of hydrogen-bond acceptors (Lipinski definition) is 5. The van der Waals surface area contributed by atoms with Gasteiger partial charge in [0, 0.05) is 23.5 Å². The number of carbonyl (C=O) groups excluding carboxylic acids is 3. The zero-order valence-corrected chi connectivity index (χ0v) is 14.8. The molecular weight excluding hydrogens is 298 g/mol. The monoisotopic (exact) mass is 325 g/mol. The van der Waals surface area contributed by atoms with Crippen molar-refractivity contribution in [1.82, 2.24) is 0 Å². The van der Waals surface area contributed by atoms with Gasteiger partial charge in [0.1, 0.15) is 12.6 Å². The number of carbonyl (C=O) groups is 3. The Morgan fingerprint density at radius 3 is 2.09 bits per heavy atom. The first kappa shape index (κ1) is 21.2. The normalized spacial score (nSPS) is 16.3. The summed E-state index contributed by atoms with van der Waals surface area (Å²) in [4.78, 5) is 32.5. The highest BCUT2D eigenvalue weighted by atomic mass is 16.4. The zero-order valence-electron chi connectivity index (χ0n) is 14.8. The van der Waals surface area contributed by atoms with Crippen LogP contribution in [0.2, 0.25) is 0 Å². The van der Waals surface area contributed by atoms with E-state index in [0.717, 1.165) is 0 Å². The fourth-order valence-corrected chi connectivity index (χ4v) is 2.02. The van der Waals surface area contributed by atoms with E-state index in [1.54, 1.807) is 6.92 Å². The lowest BCUT2D eigenvalue weighted by Crippen LogP contribution is -2.43. The molecule has 6 nitrogen and oxygen atoms in total. The van der Waals surface area contributed by atoms with E-state index in [-0.39, 0.29) is 23.9 Å². The van der Waals surface area contributed by atoms with Gasteiger partial charge < -0.3 is 19.5 Å². The third kappa shape index (κ3) is 9.05. The van der Waals surface area contributed by atoms with Crippen molar-refractivity contribution in [1.29, 1.82) is 0 Å². The molecule has 1 aliphatic carbocycles. The molecule has 0 amide bonds. The van der Waals surface area contributed by atoms with Gasteiger partial charge in [-0.15, -0.1) is 0 Å². The Bertz CT molecular complexity index is 524. The second-order valence-corrected chi connectivity index (χ2v) is 7.01. The van der Waals surface area contributed by atoms with Crippen molar-refractivity contribution in [3.63, 3.8) is 0 Å². The van der Waals surface area contributed by atoms with Crippen LogP contribution in [0.3, 0.4) is 0 Å². The molecular formula is C17H27NO5. The molecule has 0 radical (unpaired) electrons. The van der Waals surface area contributed by atoms with Gasteiger partial charge in [0.15, 0.2) is 11.6 Å². The highest BCUT2D eigenvalue weighted by Crippen LogP contribution is 2.17. The second kappa shape index (κ2) is 8.74. The quantitative estimate of drug-likeness (QED) is 0.561. The smallest absolute Gasteiger partial charge is 0.182 e. The van der Waals surface area contributed by atoms with Crippen LogP contribution >= 0.6 is 0 Å². The Kier molecular flexibility index (Phi) is 8.06. The lowest BCUT2D eigenvalue weighted by atomic mass is 9.91. The van der Waals surface area contributed by atoms with Gasteiger partial charge in [-0.2, -0.15) is 0 Å². The van der Waals surface area contributed by atoms with Crippen molar-refractivity contribution in [2.75, 3.05) is 27.7 Å². The van der Waals surface area contributed by atoms with Gasteiger partial charge in [0.05, 0.1) is 21.1 Å². The SMILES string of the molecule is CC1=CC(=O)C(C(C)C)=CC1=O.C[N+](C)(C)CC(O)CC(=O)[O-]. The number of hydrogen-bond donors (Lipinski definition) is 1. The molecule has 1 N–H and O–H groups in total. The maximum atomic E-state index is 11.3. The van der Waals surface area contributed by atoms with Crippen molar-refractivity contribution >= 4 is 17.5 Å². The van der Waals surface area contributed by atoms with Crippen molar-refractivity contribution in [2.45, 2.75) is 33.3 Å². The van der Waals surface area contributed by atoms with Gasteiger partial charge in [0.2, 0.25) is 0 Å². The number of aliphatic hydroxyl groups excluding tert-OH is 1. The van der Waals surface area contributed by atoms with E-state index in [0.29, 0.717) is 22.2 Å². The summed E-state index contributed by atoms with van der Waals surface area (Å²) in [6, 6.07) is 0. The van der Waals surface area contributed by atoms with Crippen LogP contribution in [0.4, 0.5) is 0 Å². The summed E-state index contributed by atoms with van der Waals surface area (Å²) < 4.78 is 0.550. The lowest BCUT2D eigenvalue weighted by molar-refractivity contribution is -0.873. The second-order valence-electron chi connectivity index (χ2n) is 7.01. The van der Waals surface area contributed by atoms with Gasteiger partial charge in [-0.05, 0) is 25.0 Å². The average Bonchev–Trinajstić information content (AvgIpc) is 2.30. The maximum absolute atomic E-state index is 11.3. The standard InChI is InChI=1S/C10H12O2.C7H15NO3/c1-6(2)8-5-9(11)7(3)4-10(8)12;1-8(2,3)5-6(9)4-7(10)11/h4-6H,1-3H3;6,9H,4-5H2,1-3H3. The summed E-state index contributed by atoms with van der Waals surface area (Å²) in [6.07, 6.45) is 1.77. The first-order chi connectivity index (χ1) is 10.3. The summed E-state index contributed by atoms with van der Waals surface area (Å²) in [5.74, 6) is -1.14. The number of allylic oxidation sites excluding steroid dienone is 4. The van der Waals surface area contributed by atoms with E-state index in [1.807, 2.05) is 35.0 Å². The summed E-state index contributed by atoms with van der Waals surface area (Å²) in [5.41, 5.74) is 1.15. The largest absolute Gasteiger partial charge is 0.550 e. The predicted octanol–water partition coefficient (Wildman–Crippen LogP) is -0.140. The van der Waals surface area contributed by atoms with Gasteiger partial charge in [0.25, 0.3) is 0 Å². The fourth-order valence-electron chi connectivity index (χ4n) is 2.02. The third-order valence-electron chi connectivity index (χ3n) is 3.09. The van der Waals surface area contributed by atoms with Crippen LogP contribution in [0.25, 0.3) is 0 Å². The first-order valence-corrected chi connectivity index (χ1v) is 7.50. The average molecular weight is 325 g/mol. The molecule has 130 valence electrons. The van der Waals surface area contributed by atoms with E-state index in [9.17, 15) is 19.5 Å². The number of rotatable bonds is 5. The minimum atomic E-state index is -1.20. The molecule has 23 heavy (non-hydrogen) atoms. The van der Waals surface area contributed by atoms with Gasteiger partial charge >= 0.3 is 0 Å². The van der Waals surface area contributed by atoms with Crippen LogP contribution in [0, 0.1) is 5.92 Å². The van der Waals surface area contributed by atoms with E-state index >= 15 is 0 Å². The van der Waals surface area contributed by atoms with E-state index < -0.39 is 12.1 Å². The van der Waals surface area contributed by atoms with Gasteiger partial charge in [-0.1, -0.05) is 13.8 Å². The summed E-state index contributed by atoms with van der Waals surface area (Å²) in [6.45, 7) is 5.90. The number of ketones is 2. The molecule has 0 bridgehead atoms. The molecule has 0 aromatic heterocycles. The summed E-state index contributed by atoms with van der Waals surface area (Å²) >= 11 is 0. The summed E-state index contributed by atoms with van der Waals surface area (Å²) in [5, 5.41) is 19.1. The molecule has 0 fully saturated rings. The maximum Gasteiger partial charge on any atom is 0.182 e. The number of aliphatic hydroxyl groups is 1. The Morgan fingerprint density at radius 1 is 1.17 bits per heavy atom. The minimum Gasteiger partial charge on any atom is -0.550 e. The van der Waals surface area contributed by atoms with Crippen molar-refractivity contribution in [2.24, 2.45) is 5.92 Å². The topological polar surface area (TPSA) is 94.5 Å². The molecule has 0 aliphatic heterocycles. The molecule has 0 aromatic rings. The molecule has 6 heteroatoms. The number of quaternary nitrogens is 1.